The summed E-state index contributed by atoms with van der Waals surface area (Å²) < 4.78 is 27.3. The smallest absolute Gasteiger partial charge is 0.225 e. The predicted octanol–water partition coefficient (Wildman–Crippen LogP) is 5.31. The molecule has 0 amide bonds. The molecule has 7 heteroatoms. The standard InChI is InChI=1S/C21H21F2N5/c22-15-6-7-18(17(23)12-15)26-20-13-19(14-8-10-24-11-9-14)27-21(28-20)25-16-4-2-1-3-5-16/h6-13,16H,1-5H2,(H2,25,26,27,28). The van der Waals surface area contributed by atoms with Crippen LogP contribution in [-0.2, 0) is 0 Å². The zero-order valence-corrected chi connectivity index (χ0v) is 15.3. The quantitative estimate of drug-likeness (QED) is 0.627. The molecule has 2 N–H and O–H groups in total. The van der Waals surface area contributed by atoms with Gasteiger partial charge in [0.15, 0.2) is 0 Å². The Morgan fingerprint density at radius 3 is 2.43 bits per heavy atom. The second-order valence-corrected chi connectivity index (χ2v) is 6.93. The summed E-state index contributed by atoms with van der Waals surface area (Å²) in [5.74, 6) is -0.370. The number of nitrogens with one attached hydrogen (secondary N) is 2. The SMILES string of the molecule is Fc1ccc(Nc2cc(-c3ccncc3)nc(NC3CCCCC3)n2)c(F)c1. The first-order valence-electron chi connectivity index (χ1n) is 9.45. The molecule has 0 bridgehead atoms. The molecule has 4 rings (SSSR count). The highest BCUT2D eigenvalue weighted by molar-refractivity contribution is 5.67. The van der Waals surface area contributed by atoms with Crippen molar-refractivity contribution in [3.63, 3.8) is 0 Å². The average molecular weight is 381 g/mol. The maximum absolute atomic E-state index is 14.1. The maximum Gasteiger partial charge on any atom is 0.225 e. The molecule has 2 aromatic heterocycles. The third-order valence-electron chi connectivity index (χ3n) is 4.83. The lowest BCUT2D eigenvalue weighted by Gasteiger charge is -2.23. The van der Waals surface area contributed by atoms with Crippen LogP contribution in [0.5, 0.6) is 0 Å². The van der Waals surface area contributed by atoms with Crippen molar-refractivity contribution in [3.05, 3.63) is 60.4 Å². The van der Waals surface area contributed by atoms with Crippen LogP contribution in [0.4, 0.5) is 26.2 Å². The lowest BCUT2D eigenvalue weighted by atomic mass is 9.96. The van der Waals surface area contributed by atoms with Crippen LogP contribution in [0, 0.1) is 11.6 Å². The molecule has 0 radical (unpaired) electrons. The van der Waals surface area contributed by atoms with Crippen LogP contribution in [0.2, 0.25) is 0 Å². The molecule has 1 aliphatic rings. The van der Waals surface area contributed by atoms with Crippen LogP contribution in [0.25, 0.3) is 11.3 Å². The largest absolute Gasteiger partial charge is 0.351 e. The summed E-state index contributed by atoms with van der Waals surface area (Å²) in [6, 6.07) is 9.18. The van der Waals surface area contributed by atoms with E-state index in [0.29, 0.717) is 23.5 Å². The van der Waals surface area contributed by atoms with Crippen LogP contribution in [-0.4, -0.2) is 21.0 Å². The first-order chi connectivity index (χ1) is 13.7. The Bertz CT molecular complexity index is 943. The van der Waals surface area contributed by atoms with E-state index in [9.17, 15) is 8.78 Å². The fraction of sp³-hybridized carbons (Fsp3) is 0.286. The maximum atomic E-state index is 14.1. The molecule has 28 heavy (non-hydrogen) atoms. The van der Waals surface area contributed by atoms with E-state index in [2.05, 4.69) is 25.6 Å². The van der Waals surface area contributed by atoms with Gasteiger partial charge in [0.25, 0.3) is 0 Å². The number of nitrogens with zero attached hydrogens (tertiary/aromatic N) is 3. The molecule has 0 aliphatic heterocycles. The fourth-order valence-corrected chi connectivity index (χ4v) is 3.40. The fourth-order valence-electron chi connectivity index (χ4n) is 3.40. The molecule has 3 aromatic rings. The van der Waals surface area contributed by atoms with E-state index >= 15 is 0 Å². The average Bonchev–Trinajstić information content (AvgIpc) is 2.71. The van der Waals surface area contributed by atoms with Gasteiger partial charge in [-0.15, -0.1) is 0 Å². The molecule has 5 nitrogen and oxygen atoms in total. The van der Waals surface area contributed by atoms with E-state index < -0.39 is 11.6 Å². The van der Waals surface area contributed by atoms with E-state index in [1.807, 2.05) is 12.1 Å². The predicted molar refractivity (Wildman–Crippen MR) is 105 cm³/mol. The number of anilines is 3. The molecule has 2 heterocycles. The highest BCUT2D eigenvalue weighted by Gasteiger charge is 2.16. The summed E-state index contributed by atoms with van der Waals surface area (Å²) in [6.07, 6.45) is 9.18. The normalized spacial score (nSPS) is 14.6. The van der Waals surface area contributed by atoms with Crippen molar-refractivity contribution in [2.75, 3.05) is 10.6 Å². The van der Waals surface area contributed by atoms with Gasteiger partial charge in [0.05, 0.1) is 11.4 Å². The molecule has 1 fully saturated rings. The molecule has 0 unspecified atom stereocenters. The van der Waals surface area contributed by atoms with Crippen LogP contribution in [0.3, 0.4) is 0 Å². The Morgan fingerprint density at radius 1 is 0.893 bits per heavy atom. The van der Waals surface area contributed by atoms with Gasteiger partial charge in [-0.3, -0.25) is 4.98 Å². The van der Waals surface area contributed by atoms with E-state index in [1.165, 1.54) is 31.4 Å². The Hall–Kier alpha value is -3.09. The molecule has 0 atom stereocenters. The molecule has 144 valence electrons. The number of benzene rings is 1. The van der Waals surface area contributed by atoms with Gasteiger partial charge in [0, 0.05) is 36.1 Å². The monoisotopic (exact) mass is 381 g/mol. The molecule has 1 aliphatic carbocycles. The second-order valence-electron chi connectivity index (χ2n) is 6.93. The van der Waals surface area contributed by atoms with Gasteiger partial charge in [-0.2, -0.15) is 4.98 Å². The topological polar surface area (TPSA) is 62.7 Å². The summed E-state index contributed by atoms with van der Waals surface area (Å²) in [5, 5.41) is 6.35. The minimum absolute atomic E-state index is 0.157. The van der Waals surface area contributed by atoms with E-state index in [-0.39, 0.29) is 5.69 Å². The molecule has 1 aromatic carbocycles. The minimum atomic E-state index is -0.675. The number of pyridine rings is 1. The van der Waals surface area contributed by atoms with E-state index in [4.69, 9.17) is 0 Å². The van der Waals surface area contributed by atoms with Crippen molar-refractivity contribution in [1.82, 2.24) is 15.0 Å². The molecule has 0 spiro atoms. The Balaban J connectivity index is 1.66. The molecular formula is C21H21F2N5. The van der Waals surface area contributed by atoms with Crippen molar-refractivity contribution in [2.24, 2.45) is 0 Å². The lowest BCUT2D eigenvalue weighted by Crippen LogP contribution is -2.23. The van der Waals surface area contributed by atoms with Gasteiger partial charge in [0.1, 0.15) is 17.5 Å². The summed E-state index contributed by atoms with van der Waals surface area (Å²) in [7, 11) is 0. The lowest BCUT2D eigenvalue weighted by molar-refractivity contribution is 0.461. The van der Waals surface area contributed by atoms with Crippen LogP contribution < -0.4 is 10.6 Å². The highest BCUT2D eigenvalue weighted by atomic mass is 19.1. The number of halogens is 2. The summed E-state index contributed by atoms with van der Waals surface area (Å²) in [6.45, 7) is 0. The van der Waals surface area contributed by atoms with Gasteiger partial charge in [-0.05, 0) is 37.1 Å². The van der Waals surface area contributed by atoms with Gasteiger partial charge in [-0.25, -0.2) is 13.8 Å². The second kappa shape index (κ2) is 8.29. The van der Waals surface area contributed by atoms with Gasteiger partial charge >= 0.3 is 0 Å². The van der Waals surface area contributed by atoms with Gasteiger partial charge in [-0.1, -0.05) is 19.3 Å². The van der Waals surface area contributed by atoms with Crippen molar-refractivity contribution >= 4 is 17.5 Å². The van der Waals surface area contributed by atoms with Crippen LogP contribution in [0.1, 0.15) is 32.1 Å². The third-order valence-corrected chi connectivity index (χ3v) is 4.83. The summed E-state index contributed by atoms with van der Waals surface area (Å²) in [5.41, 5.74) is 1.73. The number of hydrogen-bond acceptors (Lipinski definition) is 5. The Labute approximate surface area is 162 Å². The zero-order valence-electron chi connectivity index (χ0n) is 15.3. The molecule has 1 saturated carbocycles. The zero-order chi connectivity index (χ0) is 19.3. The van der Waals surface area contributed by atoms with Gasteiger partial charge in [0.2, 0.25) is 5.95 Å². The van der Waals surface area contributed by atoms with Crippen molar-refractivity contribution in [1.29, 1.82) is 0 Å². The van der Waals surface area contributed by atoms with E-state index in [0.717, 1.165) is 24.5 Å². The molecular weight excluding hydrogens is 360 g/mol. The van der Waals surface area contributed by atoms with Crippen LogP contribution in [0.15, 0.2) is 48.8 Å². The highest BCUT2D eigenvalue weighted by Crippen LogP contribution is 2.26. The minimum Gasteiger partial charge on any atom is -0.351 e. The summed E-state index contributed by atoms with van der Waals surface area (Å²) in [4.78, 5) is 13.2. The van der Waals surface area contributed by atoms with Crippen LogP contribution >= 0.6 is 0 Å². The molecule has 0 saturated heterocycles. The van der Waals surface area contributed by atoms with Gasteiger partial charge < -0.3 is 10.6 Å². The summed E-state index contributed by atoms with van der Waals surface area (Å²) >= 11 is 0. The number of hydrogen-bond donors (Lipinski definition) is 2. The van der Waals surface area contributed by atoms with E-state index in [1.54, 1.807) is 18.5 Å². The Kier molecular flexibility index (Phi) is 5.41. The van der Waals surface area contributed by atoms with Crippen molar-refractivity contribution in [3.8, 4) is 11.3 Å². The number of rotatable bonds is 5. The first kappa shape index (κ1) is 18.3. The first-order valence-corrected chi connectivity index (χ1v) is 9.45. The Morgan fingerprint density at radius 2 is 1.68 bits per heavy atom. The third kappa shape index (κ3) is 4.42. The van der Waals surface area contributed by atoms with Crippen molar-refractivity contribution < 1.29 is 8.78 Å². The van der Waals surface area contributed by atoms with Crippen molar-refractivity contribution in [2.45, 2.75) is 38.1 Å². The number of aromatic nitrogens is 3.